The van der Waals surface area contributed by atoms with E-state index in [1.54, 1.807) is 0 Å². The lowest BCUT2D eigenvalue weighted by Gasteiger charge is -2.09. The van der Waals surface area contributed by atoms with E-state index >= 15 is 0 Å². The van der Waals surface area contributed by atoms with Crippen molar-refractivity contribution in [2.75, 3.05) is 7.11 Å². The zero-order chi connectivity index (χ0) is 11.6. The summed E-state index contributed by atoms with van der Waals surface area (Å²) in [7, 11) is 1.03. The van der Waals surface area contributed by atoms with Crippen LogP contribution >= 0.6 is 0 Å². The summed E-state index contributed by atoms with van der Waals surface area (Å²) in [6, 6.07) is 0.332. The van der Waals surface area contributed by atoms with E-state index in [2.05, 4.69) is 9.72 Å². The van der Waals surface area contributed by atoms with Crippen molar-refractivity contribution in [2.24, 2.45) is 0 Å². The molecule has 1 aromatic rings. The zero-order valence-electron chi connectivity index (χ0n) is 7.41. The number of alkyl halides is 3. The van der Waals surface area contributed by atoms with Crippen LogP contribution < -0.4 is 4.74 Å². The smallest absolute Gasteiger partial charge is 0.420 e. The minimum atomic E-state index is -4.71. The minimum absolute atomic E-state index is 0.332. The average Bonchev–Trinajstić information content (AvgIpc) is 2.15. The molecule has 0 aliphatic carbocycles. The maximum Gasteiger partial charge on any atom is 0.420 e. The number of halogens is 3. The van der Waals surface area contributed by atoms with Gasteiger partial charge >= 0.3 is 12.0 Å². The monoisotopic (exact) mass is 222 g/mol. The maximum absolute atomic E-state index is 12.3. The summed E-state index contributed by atoms with van der Waals surface area (Å²) in [5.74, 6) is -1.42. The molecule has 1 aromatic heterocycles. The Labute approximate surface area is 81.6 Å². The molecule has 0 saturated carbocycles. The molecule has 0 aliphatic rings. The van der Waals surface area contributed by atoms with Crippen molar-refractivity contribution >= 4 is 5.82 Å². The van der Waals surface area contributed by atoms with Crippen LogP contribution in [0, 0.1) is 10.1 Å². The average molecular weight is 222 g/mol. The van der Waals surface area contributed by atoms with Crippen molar-refractivity contribution in [3.8, 4) is 5.75 Å². The summed E-state index contributed by atoms with van der Waals surface area (Å²) in [6.45, 7) is 0. The first-order chi connectivity index (χ1) is 6.86. The van der Waals surface area contributed by atoms with Crippen molar-refractivity contribution in [2.45, 2.75) is 6.18 Å². The molecular formula is C7H5F3N2O3. The normalized spacial score (nSPS) is 11.2. The Morgan fingerprint density at radius 3 is 2.53 bits per heavy atom. The van der Waals surface area contributed by atoms with Gasteiger partial charge in [-0.05, 0) is 9.91 Å². The molecule has 0 N–H and O–H groups in total. The maximum atomic E-state index is 12.3. The summed E-state index contributed by atoms with van der Waals surface area (Å²) >= 11 is 0. The summed E-state index contributed by atoms with van der Waals surface area (Å²) in [6.07, 6.45) is -4.04. The summed E-state index contributed by atoms with van der Waals surface area (Å²) in [5.41, 5.74) is -1.22. The third-order valence-corrected chi connectivity index (χ3v) is 1.57. The van der Waals surface area contributed by atoms with Crippen molar-refractivity contribution in [3.05, 3.63) is 27.9 Å². The Morgan fingerprint density at radius 2 is 2.13 bits per heavy atom. The van der Waals surface area contributed by atoms with Gasteiger partial charge in [-0.2, -0.15) is 13.2 Å². The second kappa shape index (κ2) is 3.71. The molecule has 1 rings (SSSR count). The van der Waals surface area contributed by atoms with Gasteiger partial charge in [-0.15, -0.1) is 0 Å². The molecule has 15 heavy (non-hydrogen) atoms. The quantitative estimate of drug-likeness (QED) is 0.567. The van der Waals surface area contributed by atoms with E-state index in [1.807, 2.05) is 0 Å². The van der Waals surface area contributed by atoms with Crippen LogP contribution in [0.2, 0.25) is 0 Å². The number of hydrogen-bond acceptors (Lipinski definition) is 4. The molecule has 8 heteroatoms. The van der Waals surface area contributed by atoms with Crippen molar-refractivity contribution in [1.82, 2.24) is 4.98 Å². The van der Waals surface area contributed by atoms with Gasteiger partial charge in [-0.3, -0.25) is 0 Å². The van der Waals surface area contributed by atoms with Crippen LogP contribution in [0.4, 0.5) is 19.0 Å². The van der Waals surface area contributed by atoms with Gasteiger partial charge in [0.25, 0.3) is 0 Å². The van der Waals surface area contributed by atoms with Gasteiger partial charge in [0, 0.05) is 0 Å². The van der Waals surface area contributed by atoms with Crippen molar-refractivity contribution in [1.29, 1.82) is 0 Å². The Hall–Kier alpha value is -1.86. The van der Waals surface area contributed by atoms with Crippen LogP contribution in [0.15, 0.2) is 12.3 Å². The first kappa shape index (κ1) is 11.2. The van der Waals surface area contributed by atoms with Crippen molar-refractivity contribution in [3.63, 3.8) is 0 Å². The van der Waals surface area contributed by atoms with E-state index in [9.17, 15) is 23.3 Å². The highest BCUT2D eigenvalue weighted by Gasteiger charge is 2.36. The largest absolute Gasteiger partial charge is 0.492 e. The fourth-order valence-electron chi connectivity index (χ4n) is 0.916. The molecule has 1 heterocycles. The van der Waals surface area contributed by atoms with Crippen molar-refractivity contribution < 1.29 is 22.8 Å². The number of pyridine rings is 1. The Balaban J connectivity index is 3.32. The molecule has 0 atom stereocenters. The number of nitro groups is 1. The fraction of sp³-hybridized carbons (Fsp3) is 0.286. The second-order valence-electron chi connectivity index (χ2n) is 2.50. The molecule has 0 aromatic carbocycles. The lowest BCUT2D eigenvalue weighted by Crippen LogP contribution is -2.09. The molecular weight excluding hydrogens is 217 g/mol. The summed E-state index contributed by atoms with van der Waals surface area (Å²) in [4.78, 5) is 12.4. The lowest BCUT2D eigenvalue weighted by molar-refractivity contribution is -0.389. The topological polar surface area (TPSA) is 65.3 Å². The molecule has 0 aliphatic heterocycles. The van der Waals surface area contributed by atoms with E-state index in [0.717, 1.165) is 7.11 Å². The van der Waals surface area contributed by atoms with Gasteiger partial charge in [-0.25, -0.2) is 0 Å². The van der Waals surface area contributed by atoms with Crippen LogP contribution in [-0.4, -0.2) is 17.0 Å². The van der Waals surface area contributed by atoms with Crippen LogP contribution in [-0.2, 0) is 6.18 Å². The van der Waals surface area contributed by atoms with Crippen LogP contribution in [0.5, 0.6) is 5.75 Å². The van der Waals surface area contributed by atoms with E-state index < -0.39 is 28.2 Å². The third-order valence-electron chi connectivity index (χ3n) is 1.57. The van der Waals surface area contributed by atoms with Gasteiger partial charge < -0.3 is 14.9 Å². The van der Waals surface area contributed by atoms with Crippen LogP contribution in [0.1, 0.15) is 5.56 Å². The lowest BCUT2D eigenvalue weighted by atomic mass is 10.2. The van der Waals surface area contributed by atoms with E-state index in [0.29, 0.717) is 12.3 Å². The first-order valence-electron chi connectivity index (χ1n) is 3.62. The third kappa shape index (κ3) is 2.33. The summed E-state index contributed by atoms with van der Waals surface area (Å²) in [5, 5.41) is 10.2. The first-order valence-corrected chi connectivity index (χ1v) is 3.62. The molecule has 0 spiro atoms. The van der Waals surface area contributed by atoms with Crippen LogP contribution in [0.3, 0.4) is 0 Å². The van der Waals surface area contributed by atoms with E-state index in [1.165, 1.54) is 0 Å². The molecule has 0 bridgehead atoms. The molecule has 82 valence electrons. The standard InChI is InChI=1S/C7H5F3N2O3/c1-15-5-3-11-6(12(13)14)2-4(5)7(8,9)10/h2-3H,1H3. The highest BCUT2D eigenvalue weighted by Crippen LogP contribution is 2.36. The molecule has 0 saturated heterocycles. The molecule has 0 fully saturated rings. The van der Waals surface area contributed by atoms with Gasteiger partial charge in [-0.1, -0.05) is 0 Å². The minimum Gasteiger partial charge on any atom is -0.492 e. The van der Waals surface area contributed by atoms with E-state index in [4.69, 9.17) is 0 Å². The predicted molar refractivity (Wildman–Crippen MR) is 42.4 cm³/mol. The van der Waals surface area contributed by atoms with Gasteiger partial charge in [0.2, 0.25) is 0 Å². The fourth-order valence-corrected chi connectivity index (χ4v) is 0.916. The number of aromatic nitrogens is 1. The predicted octanol–water partition coefficient (Wildman–Crippen LogP) is 2.02. The van der Waals surface area contributed by atoms with Gasteiger partial charge in [0.1, 0.15) is 5.56 Å². The van der Waals surface area contributed by atoms with E-state index in [-0.39, 0.29) is 0 Å². The number of methoxy groups -OCH3 is 1. The van der Waals surface area contributed by atoms with Gasteiger partial charge in [0.05, 0.1) is 13.2 Å². The summed E-state index contributed by atoms with van der Waals surface area (Å²) < 4.78 is 41.4. The number of ether oxygens (including phenoxy) is 1. The Bertz CT molecular complexity index is 392. The highest BCUT2D eigenvalue weighted by atomic mass is 19.4. The SMILES string of the molecule is COc1cnc([N+](=O)[O-])cc1C(F)(F)F. The molecule has 0 unspecified atom stereocenters. The number of hydrogen-bond donors (Lipinski definition) is 0. The highest BCUT2D eigenvalue weighted by molar-refractivity contribution is 5.39. The zero-order valence-corrected chi connectivity index (χ0v) is 7.41. The second-order valence-corrected chi connectivity index (χ2v) is 2.50. The molecule has 0 radical (unpaired) electrons. The Kier molecular flexibility index (Phi) is 2.78. The van der Waals surface area contributed by atoms with Crippen LogP contribution in [0.25, 0.3) is 0 Å². The molecule has 5 nitrogen and oxygen atoms in total. The number of rotatable bonds is 2. The number of nitrogens with zero attached hydrogens (tertiary/aromatic N) is 2. The Morgan fingerprint density at radius 1 is 1.53 bits per heavy atom. The molecule has 0 amide bonds. The van der Waals surface area contributed by atoms with Gasteiger partial charge in [0.15, 0.2) is 11.9 Å².